The summed E-state index contributed by atoms with van der Waals surface area (Å²) in [6, 6.07) is 2.94. The zero-order valence-corrected chi connectivity index (χ0v) is 13.7. The molecule has 0 spiro atoms. The molecule has 2 aliphatic rings. The Balaban J connectivity index is 0.000000188. The first-order valence-electron chi connectivity index (χ1n) is 8.45. The number of nitrogen functional groups attached to an aromatic ring is 1. The van der Waals surface area contributed by atoms with Crippen molar-refractivity contribution in [2.75, 3.05) is 25.4 Å². The number of pyridine rings is 1. The maximum absolute atomic E-state index is 9.46. The monoisotopic (exact) mass is 315 g/mol. The third-order valence-corrected chi connectivity index (χ3v) is 4.80. The molecule has 0 unspecified atom stereocenters. The van der Waals surface area contributed by atoms with E-state index in [1.807, 2.05) is 0 Å². The molecule has 2 aromatic rings. The third kappa shape index (κ3) is 3.20. The van der Waals surface area contributed by atoms with Crippen LogP contribution in [-0.4, -0.2) is 39.7 Å². The summed E-state index contributed by atoms with van der Waals surface area (Å²) in [7, 11) is 0. The lowest BCUT2D eigenvalue weighted by atomic mass is 10.1. The van der Waals surface area contributed by atoms with Gasteiger partial charge in [0.1, 0.15) is 0 Å². The largest absolute Gasteiger partial charge is 0.504 e. The molecule has 0 saturated carbocycles. The van der Waals surface area contributed by atoms with Gasteiger partial charge >= 0.3 is 0 Å². The van der Waals surface area contributed by atoms with E-state index < -0.39 is 0 Å². The van der Waals surface area contributed by atoms with Gasteiger partial charge in [0.2, 0.25) is 0 Å². The lowest BCUT2D eigenvalue weighted by molar-refractivity contribution is 0.359. The molecule has 124 valence electrons. The minimum Gasteiger partial charge on any atom is -0.504 e. The van der Waals surface area contributed by atoms with E-state index in [1.54, 1.807) is 0 Å². The molecule has 0 bridgehead atoms. The van der Waals surface area contributed by atoms with Gasteiger partial charge in [-0.2, -0.15) is 0 Å². The molecule has 1 fully saturated rings. The zero-order chi connectivity index (χ0) is 16.4. The van der Waals surface area contributed by atoms with Gasteiger partial charge in [-0.05, 0) is 63.4 Å². The molecule has 0 atom stereocenters. The summed E-state index contributed by atoms with van der Waals surface area (Å²) in [5.74, 6) is -0.309. The number of nitrogens with zero attached hydrogens (tertiary/aromatic N) is 2. The van der Waals surface area contributed by atoms with Gasteiger partial charge in [-0.15, -0.1) is 0 Å². The van der Waals surface area contributed by atoms with Gasteiger partial charge in [-0.25, -0.2) is 0 Å². The van der Waals surface area contributed by atoms with Gasteiger partial charge in [0.25, 0.3) is 0 Å². The Labute approximate surface area is 136 Å². The molecule has 1 aliphatic heterocycles. The van der Waals surface area contributed by atoms with E-state index in [0.29, 0.717) is 11.2 Å². The average Bonchev–Trinajstić information content (AvgIpc) is 3.21. The number of benzene rings is 1. The summed E-state index contributed by atoms with van der Waals surface area (Å²) < 4.78 is 0. The van der Waals surface area contributed by atoms with Crippen LogP contribution in [0.4, 0.5) is 5.69 Å². The van der Waals surface area contributed by atoms with Gasteiger partial charge in [-0.1, -0.05) is 6.92 Å². The smallest absolute Gasteiger partial charge is 0.159 e. The Hall–Kier alpha value is -2.01. The molecule has 1 aromatic carbocycles. The fraction of sp³-hybridized carbons (Fsp3) is 0.500. The number of hydrogen-bond donors (Lipinski definition) is 3. The molecule has 1 aliphatic carbocycles. The normalized spacial score (nSPS) is 17.1. The predicted molar refractivity (Wildman–Crippen MR) is 92.9 cm³/mol. The molecule has 4 rings (SSSR count). The van der Waals surface area contributed by atoms with E-state index in [0.717, 1.165) is 35.9 Å². The fourth-order valence-electron chi connectivity index (χ4n) is 3.42. The van der Waals surface area contributed by atoms with Crippen LogP contribution >= 0.6 is 0 Å². The van der Waals surface area contributed by atoms with Crippen LogP contribution in [0.25, 0.3) is 10.9 Å². The number of hydrogen-bond acceptors (Lipinski definition) is 5. The van der Waals surface area contributed by atoms with Crippen LogP contribution in [-0.2, 0) is 12.8 Å². The number of likely N-dealkylation sites (tertiary alicyclic amines) is 1. The topological polar surface area (TPSA) is 82.6 Å². The number of aromatic nitrogens is 1. The van der Waals surface area contributed by atoms with Crippen LogP contribution in [0.5, 0.6) is 11.5 Å². The molecule has 2 heterocycles. The van der Waals surface area contributed by atoms with E-state index >= 15 is 0 Å². The third-order valence-electron chi connectivity index (χ3n) is 4.80. The molecule has 1 aromatic heterocycles. The maximum Gasteiger partial charge on any atom is 0.159 e. The highest BCUT2D eigenvalue weighted by Crippen LogP contribution is 2.36. The minimum absolute atomic E-state index is 0.154. The van der Waals surface area contributed by atoms with E-state index in [2.05, 4.69) is 16.8 Å². The molecule has 23 heavy (non-hydrogen) atoms. The van der Waals surface area contributed by atoms with E-state index in [1.165, 1.54) is 44.6 Å². The molecule has 0 radical (unpaired) electrons. The summed E-state index contributed by atoms with van der Waals surface area (Å²) in [6.45, 7) is 6.16. The highest BCUT2D eigenvalue weighted by Gasteiger charge is 2.18. The number of aromatic hydroxyl groups is 2. The first kappa shape index (κ1) is 15.9. The standard InChI is InChI=1S/C12H12N2O2.C6H13N/c13-12-6-2-1-3-8(6)14-9-5-11(16)10(15)4-7(9)12;1-2-7-5-3-4-6-7/h4-5,15-16H,1-3H2,(H2,13,14);2-6H2,1H3. The van der Waals surface area contributed by atoms with Crippen LogP contribution in [0.2, 0.25) is 0 Å². The van der Waals surface area contributed by atoms with Crippen LogP contribution in [0, 0.1) is 0 Å². The van der Waals surface area contributed by atoms with Crippen LogP contribution < -0.4 is 5.73 Å². The zero-order valence-electron chi connectivity index (χ0n) is 13.7. The van der Waals surface area contributed by atoms with Crippen molar-refractivity contribution in [1.82, 2.24) is 9.88 Å². The van der Waals surface area contributed by atoms with Crippen molar-refractivity contribution in [2.24, 2.45) is 0 Å². The van der Waals surface area contributed by atoms with Gasteiger partial charge < -0.3 is 20.8 Å². The van der Waals surface area contributed by atoms with Crippen molar-refractivity contribution < 1.29 is 10.2 Å². The quantitative estimate of drug-likeness (QED) is 0.705. The number of rotatable bonds is 1. The van der Waals surface area contributed by atoms with Gasteiger partial charge in [-0.3, -0.25) is 4.98 Å². The number of aryl methyl sites for hydroxylation is 1. The van der Waals surface area contributed by atoms with Crippen LogP contribution in [0.15, 0.2) is 12.1 Å². The fourth-order valence-corrected chi connectivity index (χ4v) is 3.42. The highest BCUT2D eigenvalue weighted by atomic mass is 16.3. The van der Waals surface area contributed by atoms with Crippen molar-refractivity contribution in [2.45, 2.75) is 39.0 Å². The molecule has 5 nitrogen and oxygen atoms in total. The lowest BCUT2D eigenvalue weighted by Crippen LogP contribution is -2.17. The van der Waals surface area contributed by atoms with Crippen LogP contribution in [0.1, 0.15) is 37.4 Å². The number of phenolic OH excluding ortho intramolecular Hbond substituents is 2. The second-order valence-electron chi connectivity index (χ2n) is 6.30. The van der Waals surface area contributed by atoms with Gasteiger partial charge in [0, 0.05) is 22.8 Å². The van der Waals surface area contributed by atoms with E-state index in [-0.39, 0.29) is 11.5 Å². The van der Waals surface area contributed by atoms with Gasteiger partial charge in [0.05, 0.1) is 5.52 Å². The highest BCUT2D eigenvalue weighted by molar-refractivity contribution is 5.94. The molecule has 5 heteroatoms. The Morgan fingerprint density at radius 3 is 2.43 bits per heavy atom. The van der Waals surface area contributed by atoms with Crippen LogP contribution in [0.3, 0.4) is 0 Å². The predicted octanol–water partition coefficient (Wildman–Crippen LogP) is 2.82. The molecule has 4 N–H and O–H groups in total. The molecular weight excluding hydrogens is 290 g/mol. The summed E-state index contributed by atoms with van der Waals surface area (Å²) in [5, 5.41) is 19.6. The number of nitrogens with two attached hydrogens (primary N) is 1. The Morgan fingerprint density at radius 2 is 1.78 bits per heavy atom. The molecule has 0 amide bonds. The Morgan fingerprint density at radius 1 is 1.09 bits per heavy atom. The van der Waals surface area contributed by atoms with E-state index in [9.17, 15) is 10.2 Å². The molecule has 1 saturated heterocycles. The van der Waals surface area contributed by atoms with Crippen molar-refractivity contribution >= 4 is 16.6 Å². The van der Waals surface area contributed by atoms with Crippen molar-refractivity contribution in [3.8, 4) is 11.5 Å². The summed E-state index contributed by atoms with van der Waals surface area (Å²) in [6.07, 6.45) is 5.81. The average molecular weight is 315 g/mol. The summed E-state index contributed by atoms with van der Waals surface area (Å²) >= 11 is 0. The van der Waals surface area contributed by atoms with Crippen molar-refractivity contribution in [1.29, 1.82) is 0 Å². The number of fused-ring (bicyclic) bond motifs is 2. The maximum atomic E-state index is 9.46. The first-order valence-corrected chi connectivity index (χ1v) is 8.45. The van der Waals surface area contributed by atoms with Crippen molar-refractivity contribution in [3.05, 3.63) is 23.4 Å². The first-order chi connectivity index (χ1) is 11.1. The molecular formula is C18H25N3O2. The summed E-state index contributed by atoms with van der Waals surface area (Å²) in [4.78, 5) is 6.95. The number of anilines is 1. The van der Waals surface area contributed by atoms with E-state index in [4.69, 9.17) is 5.73 Å². The Kier molecular flexibility index (Phi) is 4.57. The lowest BCUT2D eigenvalue weighted by Gasteiger charge is -2.09. The van der Waals surface area contributed by atoms with Gasteiger partial charge in [0.15, 0.2) is 11.5 Å². The van der Waals surface area contributed by atoms with Crippen molar-refractivity contribution in [3.63, 3.8) is 0 Å². The second-order valence-corrected chi connectivity index (χ2v) is 6.30. The number of phenols is 2. The summed E-state index contributed by atoms with van der Waals surface area (Å²) in [5.41, 5.74) is 9.51. The minimum atomic E-state index is -0.155. The Bertz CT molecular complexity index is 709. The SMILES string of the molecule is CCN1CCCC1.Nc1c2c(nc3cc(O)c(O)cc13)CCC2. The second kappa shape index (κ2) is 6.62.